The molecule has 9 aromatic carbocycles. The summed E-state index contributed by atoms with van der Waals surface area (Å²) in [6.07, 6.45) is 0. The van der Waals surface area contributed by atoms with E-state index in [4.69, 9.17) is 4.98 Å². The van der Waals surface area contributed by atoms with Crippen molar-refractivity contribution in [1.29, 1.82) is 0 Å². The molecule has 11 aromatic rings. The molecule has 278 valence electrons. The van der Waals surface area contributed by atoms with Crippen molar-refractivity contribution in [2.45, 2.75) is 0 Å². The van der Waals surface area contributed by atoms with Crippen molar-refractivity contribution in [2.24, 2.45) is 0 Å². The molecule has 0 spiro atoms. The van der Waals surface area contributed by atoms with Crippen LogP contribution < -0.4 is 4.90 Å². The van der Waals surface area contributed by atoms with Gasteiger partial charge in [-0.1, -0.05) is 164 Å². The van der Waals surface area contributed by atoms with Crippen molar-refractivity contribution >= 4 is 70.1 Å². The van der Waals surface area contributed by atoms with Gasteiger partial charge in [0.05, 0.1) is 10.2 Å². The lowest BCUT2D eigenvalue weighted by molar-refractivity contribution is 1.28. The highest BCUT2D eigenvalue weighted by Crippen LogP contribution is 2.42. The second kappa shape index (κ2) is 15.0. The van der Waals surface area contributed by atoms with Gasteiger partial charge in [-0.15, -0.1) is 22.7 Å². The molecule has 4 heteroatoms. The van der Waals surface area contributed by atoms with E-state index in [1.807, 2.05) is 11.3 Å². The lowest BCUT2D eigenvalue weighted by Gasteiger charge is -2.26. The fourth-order valence-electron chi connectivity index (χ4n) is 8.16. The third-order valence-corrected chi connectivity index (χ3v) is 13.3. The third kappa shape index (κ3) is 6.69. The van der Waals surface area contributed by atoms with Crippen LogP contribution in [-0.2, 0) is 0 Å². The average molecular weight is 789 g/mol. The SMILES string of the molecule is c1ccc(-c2ccc(N(c3ccc(-c4ccc5c(c4)sc4cc6nc(-c7ccccc7)sc6cc45)cc3)c3ccc(-c4ccccc4-c4ccccc4)cc3)cc2)cc1. The van der Waals surface area contributed by atoms with Crippen molar-refractivity contribution in [3.8, 4) is 55.1 Å². The Morgan fingerprint density at radius 3 is 1.34 bits per heavy atom. The zero-order valence-electron chi connectivity index (χ0n) is 32.0. The first kappa shape index (κ1) is 35.1. The molecule has 11 rings (SSSR count). The number of hydrogen-bond acceptors (Lipinski definition) is 4. The molecule has 2 heterocycles. The fraction of sp³-hybridized carbons (Fsp3) is 0. The number of nitrogens with zero attached hydrogens (tertiary/aromatic N) is 2. The summed E-state index contributed by atoms with van der Waals surface area (Å²) in [7, 11) is 0. The van der Waals surface area contributed by atoms with Crippen LogP contribution in [0.1, 0.15) is 0 Å². The van der Waals surface area contributed by atoms with Crippen LogP contribution in [0.5, 0.6) is 0 Å². The maximum Gasteiger partial charge on any atom is 0.124 e. The summed E-state index contributed by atoms with van der Waals surface area (Å²) in [6.45, 7) is 0. The molecular weight excluding hydrogens is 753 g/mol. The Morgan fingerprint density at radius 2 is 0.746 bits per heavy atom. The van der Waals surface area contributed by atoms with Gasteiger partial charge in [0, 0.05) is 42.8 Å². The van der Waals surface area contributed by atoms with E-state index in [0.29, 0.717) is 0 Å². The summed E-state index contributed by atoms with van der Waals surface area (Å²) in [5.41, 5.74) is 15.2. The minimum absolute atomic E-state index is 1.06. The molecule has 0 aliphatic carbocycles. The van der Waals surface area contributed by atoms with Gasteiger partial charge in [0.25, 0.3) is 0 Å². The van der Waals surface area contributed by atoms with Crippen LogP contribution in [0.25, 0.3) is 85.5 Å². The monoisotopic (exact) mass is 788 g/mol. The molecule has 2 aromatic heterocycles. The highest BCUT2D eigenvalue weighted by atomic mass is 32.1. The highest BCUT2D eigenvalue weighted by molar-refractivity contribution is 7.26. The predicted octanol–water partition coefficient (Wildman–Crippen LogP) is 16.5. The van der Waals surface area contributed by atoms with E-state index in [2.05, 4.69) is 223 Å². The second-order valence-electron chi connectivity index (χ2n) is 14.8. The van der Waals surface area contributed by atoms with Gasteiger partial charge in [-0.05, 0) is 99.1 Å². The van der Waals surface area contributed by atoms with E-state index >= 15 is 0 Å². The quantitative estimate of drug-likeness (QED) is 0.152. The summed E-state index contributed by atoms with van der Waals surface area (Å²) in [4.78, 5) is 7.36. The molecule has 0 radical (unpaired) electrons. The van der Waals surface area contributed by atoms with Crippen molar-refractivity contribution in [3.05, 3.63) is 218 Å². The molecule has 0 amide bonds. The lowest BCUT2D eigenvalue weighted by atomic mass is 9.94. The number of anilines is 3. The highest BCUT2D eigenvalue weighted by Gasteiger charge is 2.16. The van der Waals surface area contributed by atoms with Crippen LogP contribution in [0.3, 0.4) is 0 Å². The largest absolute Gasteiger partial charge is 0.311 e. The van der Waals surface area contributed by atoms with E-state index < -0.39 is 0 Å². The molecule has 0 saturated carbocycles. The van der Waals surface area contributed by atoms with Crippen LogP contribution in [0, 0.1) is 0 Å². The van der Waals surface area contributed by atoms with Crippen LogP contribution >= 0.6 is 22.7 Å². The molecule has 0 unspecified atom stereocenters. The Kier molecular flexibility index (Phi) is 8.92. The number of fused-ring (bicyclic) bond motifs is 4. The van der Waals surface area contributed by atoms with E-state index in [1.54, 1.807) is 11.3 Å². The summed E-state index contributed by atoms with van der Waals surface area (Å²) in [6, 6.07) is 78.7. The molecule has 0 atom stereocenters. The number of thiazole rings is 1. The normalized spacial score (nSPS) is 11.4. The van der Waals surface area contributed by atoms with E-state index in [-0.39, 0.29) is 0 Å². The number of benzene rings is 9. The zero-order chi connectivity index (χ0) is 39.1. The minimum atomic E-state index is 1.06. The first-order valence-electron chi connectivity index (χ1n) is 19.9. The van der Waals surface area contributed by atoms with Crippen LogP contribution in [0.4, 0.5) is 17.1 Å². The van der Waals surface area contributed by atoms with Crippen molar-refractivity contribution in [2.75, 3.05) is 4.90 Å². The average Bonchev–Trinajstić information content (AvgIpc) is 3.90. The lowest BCUT2D eigenvalue weighted by Crippen LogP contribution is -2.09. The Balaban J connectivity index is 0.933. The van der Waals surface area contributed by atoms with Crippen molar-refractivity contribution < 1.29 is 0 Å². The third-order valence-electron chi connectivity index (χ3n) is 11.1. The Labute approximate surface area is 351 Å². The topological polar surface area (TPSA) is 16.1 Å². The molecule has 0 aliphatic heterocycles. The van der Waals surface area contributed by atoms with Crippen LogP contribution in [-0.4, -0.2) is 4.98 Å². The van der Waals surface area contributed by atoms with E-state index in [9.17, 15) is 0 Å². The molecule has 0 fully saturated rings. The van der Waals surface area contributed by atoms with Gasteiger partial charge < -0.3 is 4.90 Å². The number of rotatable bonds is 8. The van der Waals surface area contributed by atoms with Gasteiger partial charge in [-0.2, -0.15) is 0 Å². The van der Waals surface area contributed by atoms with Crippen LogP contribution in [0.15, 0.2) is 218 Å². The summed E-state index contributed by atoms with van der Waals surface area (Å²) >= 11 is 3.61. The Morgan fingerprint density at radius 1 is 0.305 bits per heavy atom. The minimum Gasteiger partial charge on any atom is -0.311 e. The molecular formula is C55H36N2S2. The predicted molar refractivity (Wildman–Crippen MR) is 254 cm³/mol. The van der Waals surface area contributed by atoms with Gasteiger partial charge >= 0.3 is 0 Å². The summed E-state index contributed by atoms with van der Waals surface area (Å²) in [5.74, 6) is 0. The smallest absolute Gasteiger partial charge is 0.124 e. The molecule has 2 nitrogen and oxygen atoms in total. The van der Waals surface area contributed by atoms with Gasteiger partial charge in [0.15, 0.2) is 0 Å². The van der Waals surface area contributed by atoms with Crippen molar-refractivity contribution in [3.63, 3.8) is 0 Å². The van der Waals surface area contributed by atoms with Gasteiger partial charge in [0.2, 0.25) is 0 Å². The van der Waals surface area contributed by atoms with E-state index in [0.717, 1.165) is 27.6 Å². The zero-order valence-corrected chi connectivity index (χ0v) is 33.6. The number of hydrogen-bond donors (Lipinski definition) is 0. The molecule has 59 heavy (non-hydrogen) atoms. The maximum absolute atomic E-state index is 5.01. The number of thiophene rings is 1. The Bertz CT molecular complexity index is 3220. The molecule has 0 saturated heterocycles. The number of aromatic nitrogens is 1. The maximum atomic E-state index is 5.01. The first-order valence-corrected chi connectivity index (χ1v) is 21.5. The van der Waals surface area contributed by atoms with Crippen molar-refractivity contribution in [1.82, 2.24) is 4.98 Å². The summed E-state index contributed by atoms with van der Waals surface area (Å²) < 4.78 is 3.78. The standard InChI is InChI=1S/C55H36N2S2/c1-4-12-37(13-5-1)38-20-27-44(28-21-38)57(46-31-24-41(25-32-46)48-19-11-10-18-47(48)40-14-6-2-7-15-40)45-29-22-39(23-30-45)43-26-33-49-50-35-54-51(36-53(50)58-52(49)34-43)56-55(59-54)42-16-8-3-9-17-42/h1-36H. The molecule has 0 N–H and O–H groups in total. The molecule has 0 bridgehead atoms. The second-order valence-corrected chi connectivity index (χ2v) is 16.9. The van der Waals surface area contributed by atoms with Crippen LogP contribution in [0.2, 0.25) is 0 Å². The van der Waals surface area contributed by atoms with E-state index in [1.165, 1.54) is 74.9 Å². The fourth-order valence-corrected chi connectivity index (χ4v) is 10.3. The Hall–Kier alpha value is -7.11. The van der Waals surface area contributed by atoms with Gasteiger partial charge in [-0.3, -0.25) is 0 Å². The summed E-state index contributed by atoms with van der Waals surface area (Å²) in [5, 5.41) is 3.66. The van der Waals surface area contributed by atoms with Gasteiger partial charge in [0.1, 0.15) is 5.01 Å². The molecule has 0 aliphatic rings. The van der Waals surface area contributed by atoms with Gasteiger partial charge in [-0.25, -0.2) is 4.98 Å². The first-order chi connectivity index (χ1) is 29.2.